The zero-order valence-electron chi connectivity index (χ0n) is 7.62. The SMILES string of the molecule is CC(=O)C1CCN2CCNC(=O)N12. The molecule has 72 valence electrons. The largest absolute Gasteiger partial charge is 0.335 e. The first-order valence-corrected chi connectivity index (χ1v) is 4.52. The fourth-order valence-electron chi connectivity index (χ4n) is 1.94. The lowest BCUT2D eigenvalue weighted by Gasteiger charge is -2.35. The molecule has 1 atom stereocenters. The Labute approximate surface area is 76.6 Å². The van der Waals surface area contributed by atoms with Crippen LogP contribution in [0.3, 0.4) is 0 Å². The number of urea groups is 1. The van der Waals surface area contributed by atoms with E-state index < -0.39 is 0 Å². The van der Waals surface area contributed by atoms with Crippen LogP contribution < -0.4 is 5.32 Å². The topological polar surface area (TPSA) is 52.7 Å². The number of carbonyl (C=O) groups excluding carboxylic acids is 2. The summed E-state index contributed by atoms with van der Waals surface area (Å²) < 4.78 is 0. The van der Waals surface area contributed by atoms with Gasteiger partial charge in [-0.25, -0.2) is 14.8 Å². The second-order valence-electron chi connectivity index (χ2n) is 3.45. The Morgan fingerprint density at radius 3 is 3.00 bits per heavy atom. The van der Waals surface area contributed by atoms with E-state index in [4.69, 9.17) is 0 Å². The first kappa shape index (κ1) is 8.50. The van der Waals surface area contributed by atoms with Crippen molar-refractivity contribution < 1.29 is 9.59 Å². The number of nitrogens with zero attached hydrogens (tertiary/aromatic N) is 2. The van der Waals surface area contributed by atoms with Crippen LogP contribution in [-0.2, 0) is 4.79 Å². The average molecular weight is 183 g/mol. The van der Waals surface area contributed by atoms with Gasteiger partial charge in [0.25, 0.3) is 0 Å². The van der Waals surface area contributed by atoms with Crippen molar-refractivity contribution in [1.29, 1.82) is 0 Å². The predicted molar refractivity (Wildman–Crippen MR) is 45.9 cm³/mol. The van der Waals surface area contributed by atoms with Crippen LogP contribution in [-0.4, -0.2) is 47.5 Å². The highest BCUT2D eigenvalue weighted by molar-refractivity contribution is 5.87. The second-order valence-corrected chi connectivity index (χ2v) is 3.45. The molecule has 2 fully saturated rings. The number of amides is 2. The lowest BCUT2D eigenvalue weighted by Crippen LogP contribution is -2.58. The molecule has 13 heavy (non-hydrogen) atoms. The third-order valence-corrected chi connectivity index (χ3v) is 2.58. The van der Waals surface area contributed by atoms with E-state index in [2.05, 4.69) is 5.32 Å². The molecule has 0 saturated carbocycles. The summed E-state index contributed by atoms with van der Waals surface area (Å²) in [6, 6.07) is -0.371. The van der Waals surface area contributed by atoms with Gasteiger partial charge in [-0.1, -0.05) is 0 Å². The molecule has 0 bridgehead atoms. The van der Waals surface area contributed by atoms with E-state index in [0.717, 1.165) is 19.5 Å². The van der Waals surface area contributed by atoms with Crippen LogP contribution in [0.2, 0.25) is 0 Å². The maximum atomic E-state index is 11.4. The fraction of sp³-hybridized carbons (Fsp3) is 0.750. The summed E-state index contributed by atoms with van der Waals surface area (Å²) in [7, 11) is 0. The Hall–Kier alpha value is -1.10. The maximum Gasteiger partial charge on any atom is 0.332 e. The number of fused-ring (bicyclic) bond motifs is 1. The van der Waals surface area contributed by atoms with Crippen LogP contribution >= 0.6 is 0 Å². The molecule has 0 aliphatic carbocycles. The van der Waals surface area contributed by atoms with Gasteiger partial charge in [-0.3, -0.25) is 4.79 Å². The number of hydrazine groups is 1. The summed E-state index contributed by atoms with van der Waals surface area (Å²) in [4.78, 5) is 22.6. The van der Waals surface area contributed by atoms with Crippen molar-refractivity contribution in [3.63, 3.8) is 0 Å². The van der Waals surface area contributed by atoms with Gasteiger partial charge < -0.3 is 5.32 Å². The number of nitrogens with one attached hydrogen (secondary N) is 1. The Bertz CT molecular complexity index is 254. The summed E-state index contributed by atoms with van der Waals surface area (Å²) in [5, 5.41) is 6.24. The summed E-state index contributed by atoms with van der Waals surface area (Å²) in [5.74, 6) is 0.0690. The molecule has 0 aromatic rings. The number of carbonyl (C=O) groups is 2. The number of hydrogen-bond donors (Lipinski definition) is 1. The molecule has 2 rings (SSSR count). The molecule has 5 nitrogen and oxygen atoms in total. The Morgan fingerprint density at radius 1 is 1.54 bits per heavy atom. The van der Waals surface area contributed by atoms with Gasteiger partial charge in [0.15, 0.2) is 5.78 Å². The van der Waals surface area contributed by atoms with Gasteiger partial charge in [-0.2, -0.15) is 0 Å². The van der Waals surface area contributed by atoms with Crippen molar-refractivity contribution in [3.05, 3.63) is 0 Å². The number of Topliss-reactive ketones (excluding diaryl/α,β-unsaturated/α-hetero) is 1. The maximum absolute atomic E-state index is 11.4. The molecule has 2 aliphatic rings. The summed E-state index contributed by atoms with van der Waals surface area (Å²) in [6.07, 6.45) is 0.767. The van der Waals surface area contributed by atoms with Crippen LogP contribution in [0.15, 0.2) is 0 Å². The zero-order chi connectivity index (χ0) is 9.42. The van der Waals surface area contributed by atoms with Crippen LogP contribution in [0.25, 0.3) is 0 Å². The summed E-state index contributed by atoms with van der Waals surface area (Å²) >= 11 is 0. The Kier molecular flexibility index (Phi) is 1.95. The normalized spacial score (nSPS) is 28.5. The molecule has 0 spiro atoms. The van der Waals surface area contributed by atoms with Crippen molar-refractivity contribution >= 4 is 11.8 Å². The third kappa shape index (κ3) is 1.29. The molecule has 5 heteroatoms. The van der Waals surface area contributed by atoms with Crippen LogP contribution in [0.1, 0.15) is 13.3 Å². The summed E-state index contributed by atoms with van der Waals surface area (Å²) in [5.41, 5.74) is 0. The van der Waals surface area contributed by atoms with Gasteiger partial charge in [0.1, 0.15) is 6.04 Å². The van der Waals surface area contributed by atoms with Crippen LogP contribution in [0.5, 0.6) is 0 Å². The molecule has 1 unspecified atom stereocenters. The van der Waals surface area contributed by atoms with E-state index >= 15 is 0 Å². The summed E-state index contributed by atoms with van der Waals surface area (Å²) in [6.45, 7) is 3.85. The predicted octanol–water partition coefficient (Wildman–Crippen LogP) is -0.410. The van der Waals surface area contributed by atoms with E-state index in [1.54, 1.807) is 5.01 Å². The van der Waals surface area contributed by atoms with Gasteiger partial charge in [-0.05, 0) is 13.3 Å². The lowest BCUT2D eigenvalue weighted by molar-refractivity contribution is -0.123. The quantitative estimate of drug-likeness (QED) is 0.601. The second kappa shape index (κ2) is 2.99. The zero-order valence-corrected chi connectivity index (χ0v) is 7.62. The van der Waals surface area contributed by atoms with E-state index in [1.807, 2.05) is 5.01 Å². The first-order chi connectivity index (χ1) is 6.20. The van der Waals surface area contributed by atoms with Crippen molar-refractivity contribution in [2.75, 3.05) is 19.6 Å². The Morgan fingerprint density at radius 2 is 2.31 bits per heavy atom. The standard InChI is InChI=1S/C8H13N3O2/c1-6(12)7-2-4-10-5-3-9-8(13)11(7)10/h7H,2-5H2,1H3,(H,9,13). The minimum absolute atomic E-state index is 0.0690. The first-order valence-electron chi connectivity index (χ1n) is 4.52. The van der Waals surface area contributed by atoms with E-state index in [0.29, 0.717) is 6.54 Å². The molecule has 1 N–H and O–H groups in total. The average Bonchev–Trinajstić information content (AvgIpc) is 2.49. The number of hydrogen-bond acceptors (Lipinski definition) is 3. The van der Waals surface area contributed by atoms with Crippen molar-refractivity contribution in [3.8, 4) is 0 Å². The van der Waals surface area contributed by atoms with Gasteiger partial charge in [0, 0.05) is 19.6 Å². The van der Waals surface area contributed by atoms with Gasteiger partial charge >= 0.3 is 6.03 Å². The van der Waals surface area contributed by atoms with Crippen molar-refractivity contribution in [2.45, 2.75) is 19.4 Å². The smallest absolute Gasteiger partial charge is 0.332 e. The van der Waals surface area contributed by atoms with Crippen LogP contribution in [0.4, 0.5) is 4.79 Å². The third-order valence-electron chi connectivity index (χ3n) is 2.58. The monoisotopic (exact) mass is 183 g/mol. The molecular weight excluding hydrogens is 170 g/mol. The molecule has 0 radical (unpaired) electrons. The van der Waals surface area contributed by atoms with Crippen LogP contribution in [0, 0.1) is 0 Å². The Balaban J connectivity index is 2.18. The van der Waals surface area contributed by atoms with Gasteiger partial charge in [-0.15, -0.1) is 0 Å². The van der Waals surface area contributed by atoms with E-state index in [1.165, 1.54) is 6.92 Å². The van der Waals surface area contributed by atoms with E-state index in [-0.39, 0.29) is 17.9 Å². The number of rotatable bonds is 1. The minimum Gasteiger partial charge on any atom is -0.335 e. The van der Waals surface area contributed by atoms with Crippen molar-refractivity contribution in [2.24, 2.45) is 0 Å². The highest BCUT2D eigenvalue weighted by Gasteiger charge is 2.39. The molecule has 2 amide bonds. The van der Waals surface area contributed by atoms with Crippen molar-refractivity contribution in [1.82, 2.24) is 15.3 Å². The molecule has 2 aliphatic heterocycles. The van der Waals surface area contributed by atoms with E-state index in [9.17, 15) is 9.59 Å². The molecule has 0 aromatic heterocycles. The van der Waals surface area contributed by atoms with Gasteiger partial charge in [0.05, 0.1) is 0 Å². The molecular formula is C8H13N3O2. The molecule has 2 saturated heterocycles. The number of ketones is 1. The lowest BCUT2D eigenvalue weighted by atomic mass is 10.1. The fourth-order valence-corrected chi connectivity index (χ4v) is 1.94. The highest BCUT2D eigenvalue weighted by Crippen LogP contribution is 2.20. The molecule has 2 heterocycles. The minimum atomic E-state index is -0.236. The van der Waals surface area contributed by atoms with Gasteiger partial charge in [0.2, 0.25) is 0 Å². The molecule has 0 aromatic carbocycles. The highest BCUT2D eigenvalue weighted by atomic mass is 16.2.